The number of anilines is 2. The summed E-state index contributed by atoms with van der Waals surface area (Å²) < 4.78 is 0. The molecule has 1 aliphatic heterocycles. The van der Waals surface area contributed by atoms with Gasteiger partial charge in [-0.3, -0.25) is 0 Å². The first-order valence-electron chi connectivity index (χ1n) is 8.10. The lowest BCUT2D eigenvalue weighted by molar-refractivity contribution is 0.366. The van der Waals surface area contributed by atoms with Crippen LogP contribution in [0.15, 0.2) is 0 Å². The predicted octanol–water partition coefficient (Wildman–Crippen LogP) is 1.37. The van der Waals surface area contributed by atoms with Crippen molar-refractivity contribution in [1.82, 2.24) is 15.3 Å². The van der Waals surface area contributed by atoms with Gasteiger partial charge in [0.1, 0.15) is 5.82 Å². The van der Waals surface area contributed by atoms with Crippen LogP contribution in [0.5, 0.6) is 0 Å². The first kappa shape index (κ1) is 15.0. The SMILES string of the molecule is [C-]#[N+]CCC1(C)CCCc2c(N3CCNCC3)nc(N)nc21. The Morgan fingerprint density at radius 2 is 2.14 bits per heavy atom. The summed E-state index contributed by atoms with van der Waals surface area (Å²) in [5, 5.41) is 3.37. The largest absolute Gasteiger partial charge is 0.368 e. The number of rotatable bonds is 3. The van der Waals surface area contributed by atoms with Gasteiger partial charge >= 0.3 is 0 Å². The topological polar surface area (TPSA) is 71.4 Å². The maximum absolute atomic E-state index is 7.09. The van der Waals surface area contributed by atoms with E-state index in [9.17, 15) is 0 Å². The smallest absolute Gasteiger partial charge is 0.222 e. The molecule has 1 aliphatic carbocycles. The van der Waals surface area contributed by atoms with Crippen LogP contribution in [0, 0.1) is 6.57 Å². The van der Waals surface area contributed by atoms with E-state index in [1.807, 2.05) is 0 Å². The molecule has 1 aromatic heterocycles. The quantitative estimate of drug-likeness (QED) is 0.825. The summed E-state index contributed by atoms with van der Waals surface area (Å²) in [6.07, 6.45) is 4.07. The zero-order valence-corrected chi connectivity index (χ0v) is 13.2. The molecular formula is C16H24N6. The van der Waals surface area contributed by atoms with Gasteiger partial charge in [0.15, 0.2) is 0 Å². The third-order valence-electron chi connectivity index (χ3n) is 4.92. The average molecular weight is 300 g/mol. The second-order valence-corrected chi connectivity index (χ2v) is 6.52. The lowest BCUT2D eigenvalue weighted by atomic mass is 9.72. The summed E-state index contributed by atoms with van der Waals surface area (Å²) >= 11 is 0. The van der Waals surface area contributed by atoms with Crippen molar-refractivity contribution in [3.8, 4) is 0 Å². The Labute approximate surface area is 131 Å². The number of fused-ring (bicyclic) bond motifs is 1. The Balaban J connectivity index is 2.02. The lowest BCUT2D eigenvalue weighted by Gasteiger charge is -2.37. The van der Waals surface area contributed by atoms with Crippen LogP contribution in [0.25, 0.3) is 4.85 Å². The van der Waals surface area contributed by atoms with Crippen LogP contribution in [-0.4, -0.2) is 42.7 Å². The van der Waals surface area contributed by atoms with Crippen molar-refractivity contribution < 1.29 is 0 Å². The third-order valence-corrected chi connectivity index (χ3v) is 4.92. The van der Waals surface area contributed by atoms with Gasteiger partial charge in [-0.05, 0) is 19.3 Å². The molecule has 2 heterocycles. The first-order chi connectivity index (χ1) is 10.6. The maximum Gasteiger partial charge on any atom is 0.222 e. The molecule has 1 atom stereocenters. The summed E-state index contributed by atoms with van der Waals surface area (Å²) in [6.45, 7) is 13.7. The van der Waals surface area contributed by atoms with Crippen LogP contribution in [0.3, 0.4) is 0 Å². The van der Waals surface area contributed by atoms with Crippen LogP contribution >= 0.6 is 0 Å². The Bertz CT molecular complexity index is 587. The van der Waals surface area contributed by atoms with E-state index in [1.54, 1.807) is 0 Å². The third kappa shape index (κ3) is 2.73. The normalized spacial score (nSPS) is 24.6. The minimum atomic E-state index is -0.0437. The Hall–Kier alpha value is -1.87. The molecule has 0 aromatic carbocycles. The van der Waals surface area contributed by atoms with E-state index in [2.05, 4.69) is 32.0 Å². The molecule has 1 aromatic rings. The molecule has 6 nitrogen and oxygen atoms in total. The van der Waals surface area contributed by atoms with Crippen LogP contribution < -0.4 is 16.0 Å². The number of nitrogens with one attached hydrogen (secondary N) is 1. The summed E-state index contributed by atoms with van der Waals surface area (Å²) in [7, 11) is 0. The van der Waals surface area contributed by atoms with Crippen molar-refractivity contribution in [1.29, 1.82) is 0 Å². The van der Waals surface area contributed by atoms with E-state index in [0.29, 0.717) is 12.5 Å². The number of hydrogen-bond donors (Lipinski definition) is 2. The number of nitrogens with zero attached hydrogens (tertiary/aromatic N) is 4. The zero-order chi connectivity index (χ0) is 15.6. The number of hydrogen-bond acceptors (Lipinski definition) is 5. The molecule has 1 unspecified atom stereocenters. The van der Waals surface area contributed by atoms with Gasteiger partial charge in [0.25, 0.3) is 0 Å². The number of aromatic nitrogens is 2. The standard InChI is InChI=1S/C16H24N6/c1-16(6-7-18-2)5-3-4-12-13(16)20-15(17)21-14(12)22-10-8-19-9-11-22/h19H,3-11H2,1H3,(H2,17,20,21). The number of nitrogen functional groups attached to an aromatic ring is 1. The van der Waals surface area contributed by atoms with Crippen LogP contribution in [0.2, 0.25) is 0 Å². The molecule has 0 bridgehead atoms. The van der Waals surface area contributed by atoms with E-state index in [0.717, 1.165) is 63.4 Å². The van der Waals surface area contributed by atoms with Crippen LogP contribution in [0.1, 0.15) is 37.4 Å². The highest BCUT2D eigenvalue weighted by atomic mass is 15.2. The van der Waals surface area contributed by atoms with Gasteiger partial charge in [0.05, 0.1) is 5.69 Å². The molecule has 1 fully saturated rings. The van der Waals surface area contributed by atoms with Gasteiger partial charge < -0.3 is 20.8 Å². The molecule has 0 radical (unpaired) electrons. The van der Waals surface area contributed by atoms with Gasteiger partial charge in [-0.1, -0.05) is 6.92 Å². The molecule has 0 spiro atoms. The van der Waals surface area contributed by atoms with Crippen molar-refractivity contribution in [2.75, 3.05) is 43.4 Å². The average Bonchev–Trinajstić information content (AvgIpc) is 2.54. The van der Waals surface area contributed by atoms with E-state index in [-0.39, 0.29) is 5.41 Å². The van der Waals surface area contributed by atoms with E-state index in [4.69, 9.17) is 12.3 Å². The van der Waals surface area contributed by atoms with Gasteiger partial charge in [-0.25, -0.2) is 11.6 Å². The number of piperazine rings is 1. The van der Waals surface area contributed by atoms with E-state index >= 15 is 0 Å². The maximum atomic E-state index is 7.09. The second kappa shape index (κ2) is 6.09. The molecule has 0 saturated carbocycles. The van der Waals surface area contributed by atoms with Gasteiger partial charge in [0, 0.05) is 43.6 Å². The molecular weight excluding hydrogens is 276 g/mol. The Kier molecular flexibility index (Phi) is 4.16. The molecule has 0 amide bonds. The highest BCUT2D eigenvalue weighted by molar-refractivity contribution is 5.55. The summed E-state index contributed by atoms with van der Waals surface area (Å²) in [5.74, 6) is 1.39. The summed E-state index contributed by atoms with van der Waals surface area (Å²) in [5.41, 5.74) is 8.32. The molecule has 1 saturated heterocycles. The monoisotopic (exact) mass is 300 g/mol. The Morgan fingerprint density at radius 1 is 1.36 bits per heavy atom. The van der Waals surface area contributed by atoms with Crippen molar-refractivity contribution in [2.45, 2.75) is 38.0 Å². The van der Waals surface area contributed by atoms with E-state index < -0.39 is 0 Å². The predicted molar refractivity (Wildman–Crippen MR) is 87.9 cm³/mol. The highest BCUT2D eigenvalue weighted by Gasteiger charge is 2.37. The van der Waals surface area contributed by atoms with Crippen molar-refractivity contribution in [3.63, 3.8) is 0 Å². The molecule has 6 heteroatoms. The fourth-order valence-electron chi connectivity index (χ4n) is 3.68. The van der Waals surface area contributed by atoms with Gasteiger partial charge in [-0.15, -0.1) is 0 Å². The molecule has 118 valence electrons. The number of nitrogens with two attached hydrogens (primary N) is 1. The second-order valence-electron chi connectivity index (χ2n) is 6.52. The van der Waals surface area contributed by atoms with Gasteiger partial charge in [0.2, 0.25) is 12.5 Å². The fraction of sp³-hybridized carbons (Fsp3) is 0.688. The summed E-state index contributed by atoms with van der Waals surface area (Å²) in [4.78, 5) is 15.0. The van der Waals surface area contributed by atoms with Crippen LogP contribution in [0.4, 0.5) is 11.8 Å². The minimum absolute atomic E-state index is 0.0437. The van der Waals surface area contributed by atoms with E-state index in [1.165, 1.54) is 5.56 Å². The molecule has 22 heavy (non-hydrogen) atoms. The minimum Gasteiger partial charge on any atom is -0.368 e. The van der Waals surface area contributed by atoms with Crippen molar-refractivity contribution >= 4 is 11.8 Å². The summed E-state index contributed by atoms with van der Waals surface area (Å²) in [6, 6.07) is 0. The van der Waals surface area contributed by atoms with Crippen molar-refractivity contribution in [2.24, 2.45) is 0 Å². The molecule has 2 aliphatic rings. The lowest BCUT2D eigenvalue weighted by Crippen LogP contribution is -2.45. The fourth-order valence-corrected chi connectivity index (χ4v) is 3.68. The highest BCUT2D eigenvalue weighted by Crippen LogP contribution is 2.41. The molecule has 3 rings (SSSR count). The zero-order valence-electron chi connectivity index (χ0n) is 13.2. The van der Waals surface area contributed by atoms with Crippen molar-refractivity contribution in [3.05, 3.63) is 22.7 Å². The first-order valence-corrected chi connectivity index (χ1v) is 8.10. The molecule has 3 N–H and O–H groups in total. The van der Waals surface area contributed by atoms with Gasteiger partial charge in [-0.2, -0.15) is 4.98 Å². The van der Waals surface area contributed by atoms with Crippen LogP contribution in [-0.2, 0) is 11.8 Å². The Morgan fingerprint density at radius 3 is 2.86 bits per heavy atom.